The molecule has 0 radical (unpaired) electrons. The Morgan fingerprint density at radius 1 is 0.774 bits per heavy atom. The van der Waals surface area contributed by atoms with Crippen LogP contribution in [0, 0.1) is 0 Å². The smallest absolute Gasteiger partial charge is 0.435 e. The number of hydrogen-bond acceptors (Lipinski definition) is 10. The maximum atomic E-state index is 14.1. The number of nitrogens with zero attached hydrogens (tertiary/aromatic N) is 7. The van der Waals surface area contributed by atoms with Gasteiger partial charge >= 0.3 is 12.2 Å². The first kappa shape index (κ1) is 35.6. The van der Waals surface area contributed by atoms with E-state index >= 15 is 0 Å². The van der Waals surface area contributed by atoms with E-state index in [1.54, 1.807) is 39.4 Å². The summed E-state index contributed by atoms with van der Waals surface area (Å²) >= 11 is 0. The second-order valence-electron chi connectivity index (χ2n) is 15.4. The van der Waals surface area contributed by atoms with Gasteiger partial charge in [-0.3, -0.25) is 4.98 Å². The first-order valence-electron chi connectivity index (χ1n) is 17.8. The van der Waals surface area contributed by atoms with Crippen LogP contribution in [0.3, 0.4) is 0 Å². The Morgan fingerprint density at radius 3 is 2.21 bits per heavy atom. The standard InChI is InChI=1S/C41H45N7O5/c1-40(2,3)52-38(49)47-35(23-32-33(15-16-43-37(32)47)46-19-17-45(7)18-20-46)36-31-22-28(13-14-34(31)48(44-36)39(50)53-41(4,5)6)29-21-30(25-42-24-29)51-26-27-11-9-8-10-12-27/h8-16,21-25H,17-20,26H2,1-7H3. The molecule has 1 aliphatic heterocycles. The number of hydrogen-bond donors (Lipinski definition) is 0. The summed E-state index contributed by atoms with van der Waals surface area (Å²) in [4.78, 5) is 41.6. The number of carbonyl (C=O) groups excluding carboxylic acids is 2. The van der Waals surface area contributed by atoms with E-state index in [9.17, 15) is 9.59 Å². The highest BCUT2D eigenvalue weighted by Gasteiger charge is 2.30. The lowest BCUT2D eigenvalue weighted by Crippen LogP contribution is -2.44. The summed E-state index contributed by atoms with van der Waals surface area (Å²) in [6.45, 7) is 14.8. The SMILES string of the molecule is CN1CCN(c2ccnc3c2cc(-c2nn(C(=O)OC(C)(C)C)c4ccc(-c5cncc(OCc6ccccc6)c5)cc24)n3C(=O)OC(C)(C)C)CC1. The maximum Gasteiger partial charge on any atom is 0.435 e. The van der Waals surface area contributed by atoms with Gasteiger partial charge in [0.25, 0.3) is 0 Å². The zero-order chi connectivity index (χ0) is 37.5. The third-order valence-electron chi connectivity index (χ3n) is 8.88. The highest BCUT2D eigenvalue weighted by molar-refractivity contribution is 6.05. The Labute approximate surface area is 308 Å². The topological polar surface area (TPSA) is 117 Å². The van der Waals surface area contributed by atoms with E-state index in [1.807, 2.05) is 87.5 Å². The van der Waals surface area contributed by atoms with Crippen LogP contribution < -0.4 is 9.64 Å². The van der Waals surface area contributed by atoms with E-state index in [1.165, 1.54) is 9.25 Å². The van der Waals surface area contributed by atoms with Crippen LogP contribution in [0.15, 0.2) is 85.3 Å². The maximum absolute atomic E-state index is 14.1. The molecule has 0 N–H and O–H groups in total. The molecule has 1 aliphatic rings. The van der Waals surface area contributed by atoms with Crippen molar-refractivity contribution in [1.29, 1.82) is 0 Å². The predicted octanol–water partition coefficient (Wildman–Crippen LogP) is 8.01. The van der Waals surface area contributed by atoms with Gasteiger partial charge in [-0.1, -0.05) is 36.4 Å². The number of benzene rings is 2. The Bertz CT molecular complexity index is 2290. The van der Waals surface area contributed by atoms with Crippen molar-refractivity contribution in [2.24, 2.45) is 0 Å². The Morgan fingerprint density at radius 2 is 1.49 bits per heavy atom. The minimum atomic E-state index is -0.786. The van der Waals surface area contributed by atoms with Gasteiger partial charge in [-0.25, -0.2) is 19.1 Å². The number of anilines is 1. The molecule has 0 bridgehead atoms. The van der Waals surface area contributed by atoms with Crippen LogP contribution in [0.1, 0.15) is 47.1 Å². The van der Waals surface area contributed by atoms with Gasteiger partial charge in [0, 0.05) is 60.6 Å². The number of carbonyl (C=O) groups is 2. The molecular weight excluding hydrogens is 670 g/mol. The fourth-order valence-corrected chi connectivity index (χ4v) is 6.40. The van der Waals surface area contributed by atoms with E-state index in [2.05, 4.69) is 21.8 Å². The first-order chi connectivity index (χ1) is 25.2. The zero-order valence-electron chi connectivity index (χ0n) is 31.3. The summed E-state index contributed by atoms with van der Waals surface area (Å²) in [5.74, 6) is 0.615. The van der Waals surface area contributed by atoms with Gasteiger partial charge in [-0.2, -0.15) is 9.78 Å². The summed E-state index contributed by atoms with van der Waals surface area (Å²) in [5.41, 5.74) is 3.85. The van der Waals surface area contributed by atoms with Gasteiger partial charge in [0.15, 0.2) is 5.65 Å². The van der Waals surface area contributed by atoms with Crippen molar-refractivity contribution >= 4 is 39.8 Å². The van der Waals surface area contributed by atoms with Gasteiger partial charge in [-0.05, 0) is 90.0 Å². The van der Waals surface area contributed by atoms with Crippen LogP contribution in [-0.4, -0.2) is 85.8 Å². The molecule has 274 valence electrons. The summed E-state index contributed by atoms with van der Waals surface area (Å²) in [7, 11) is 2.11. The molecule has 0 aliphatic carbocycles. The van der Waals surface area contributed by atoms with Crippen LogP contribution in [0.5, 0.6) is 5.75 Å². The molecule has 0 spiro atoms. The summed E-state index contributed by atoms with van der Waals surface area (Å²) in [5, 5.41) is 6.27. The van der Waals surface area contributed by atoms with E-state index in [0.29, 0.717) is 40.3 Å². The van der Waals surface area contributed by atoms with E-state index in [0.717, 1.165) is 53.9 Å². The number of likely N-dealkylation sites (N-methyl/N-ethyl adjacent to an activating group) is 1. The summed E-state index contributed by atoms with van der Waals surface area (Å²) in [6.07, 6.45) is 3.92. The molecule has 12 nitrogen and oxygen atoms in total. The lowest BCUT2D eigenvalue weighted by atomic mass is 10.0. The fraction of sp³-hybridized carbons (Fsp3) is 0.341. The fourth-order valence-electron chi connectivity index (χ4n) is 6.40. The van der Waals surface area contributed by atoms with Crippen molar-refractivity contribution in [3.05, 3.63) is 90.9 Å². The largest absolute Gasteiger partial charge is 0.487 e. The third kappa shape index (κ3) is 7.73. The van der Waals surface area contributed by atoms with E-state index in [4.69, 9.17) is 24.3 Å². The molecule has 1 fully saturated rings. The van der Waals surface area contributed by atoms with Crippen LogP contribution in [-0.2, 0) is 16.1 Å². The van der Waals surface area contributed by atoms with Gasteiger partial charge in [0.2, 0.25) is 0 Å². The molecule has 1 saturated heterocycles. The molecule has 0 unspecified atom stereocenters. The van der Waals surface area contributed by atoms with E-state index < -0.39 is 23.4 Å². The molecule has 6 aromatic rings. The third-order valence-corrected chi connectivity index (χ3v) is 8.88. The molecule has 7 rings (SSSR count). The zero-order valence-corrected chi connectivity index (χ0v) is 31.3. The highest BCUT2D eigenvalue weighted by atomic mass is 16.6. The van der Waals surface area contributed by atoms with Crippen molar-refractivity contribution < 1.29 is 23.8 Å². The molecule has 2 aromatic carbocycles. The first-order valence-corrected chi connectivity index (χ1v) is 17.8. The van der Waals surface area contributed by atoms with Crippen LogP contribution in [0.25, 0.3) is 44.5 Å². The number of rotatable bonds is 6. The lowest BCUT2D eigenvalue weighted by molar-refractivity contribution is 0.0520. The molecule has 0 saturated carbocycles. The Kier molecular flexibility index (Phi) is 9.41. The number of fused-ring (bicyclic) bond motifs is 2. The number of pyridine rings is 2. The minimum absolute atomic E-state index is 0.394. The number of piperazine rings is 1. The van der Waals surface area contributed by atoms with Crippen molar-refractivity contribution in [2.75, 3.05) is 38.1 Å². The number of ether oxygens (including phenoxy) is 3. The second kappa shape index (κ2) is 14.0. The summed E-state index contributed by atoms with van der Waals surface area (Å²) < 4.78 is 20.6. The van der Waals surface area contributed by atoms with Gasteiger partial charge < -0.3 is 24.0 Å². The Balaban J connectivity index is 1.40. The molecule has 5 heterocycles. The quantitative estimate of drug-likeness (QED) is 0.168. The highest BCUT2D eigenvalue weighted by Crippen LogP contribution is 2.38. The van der Waals surface area contributed by atoms with Crippen LogP contribution in [0.2, 0.25) is 0 Å². The van der Waals surface area contributed by atoms with Gasteiger partial charge in [0.05, 0.1) is 17.4 Å². The molecule has 0 atom stereocenters. The summed E-state index contributed by atoms with van der Waals surface area (Å²) in [6, 6.07) is 21.5. The minimum Gasteiger partial charge on any atom is -0.487 e. The monoisotopic (exact) mass is 715 g/mol. The van der Waals surface area contributed by atoms with Crippen LogP contribution >= 0.6 is 0 Å². The van der Waals surface area contributed by atoms with E-state index in [-0.39, 0.29) is 0 Å². The molecular formula is C41H45N7O5. The molecule has 12 heteroatoms. The normalized spacial score (nSPS) is 14.1. The van der Waals surface area contributed by atoms with Crippen molar-refractivity contribution in [1.82, 2.24) is 29.2 Å². The van der Waals surface area contributed by atoms with Crippen molar-refractivity contribution in [3.63, 3.8) is 0 Å². The molecule has 53 heavy (non-hydrogen) atoms. The van der Waals surface area contributed by atoms with Crippen LogP contribution in [0.4, 0.5) is 15.3 Å². The lowest BCUT2D eigenvalue weighted by Gasteiger charge is -2.34. The van der Waals surface area contributed by atoms with Crippen molar-refractivity contribution in [3.8, 4) is 28.3 Å². The second-order valence-corrected chi connectivity index (χ2v) is 15.4. The average molecular weight is 716 g/mol. The average Bonchev–Trinajstić information content (AvgIpc) is 3.69. The number of aromatic nitrogens is 5. The van der Waals surface area contributed by atoms with Gasteiger partial charge in [0.1, 0.15) is 29.3 Å². The van der Waals surface area contributed by atoms with Gasteiger partial charge in [-0.15, -0.1) is 0 Å². The molecule has 0 amide bonds. The van der Waals surface area contributed by atoms with Crippen molar-refractivity contribution in [2.45, 2.75) is 59.4 Å². The Hall–Kier alpha value is -5.75. The predicted molar refractivity (Wildman–Crippen MR) is 205 cm³/mol. The molecule has 4 aromatic heterocycles.